The minimum Gasteiger partial charge on any atom is -0.497 e. The van der Waals surface area contributed by atoms with E-state index in [9.17, 15) is 9.42 Å². The lowest BCUT2D eigenvalue weighted by Crippen LogP contribution is -2.23. The van der Waals surface area contributed by atoms with E-state index in [0.717, 1.165) is 22.1 Å². The summed E-state index contributed by atoms with van der Waals surface area (Å²) in [5.41, 5.74) is 2.19. The highest BCUT2D eigenvalue weighted by Crippen LogP contribution is 2.29. The zero-order valence-corrected chi connectivity index (χ0v) is 18.5. The lowest BCUT2D eigenvalue weighted by molar-refractivity contribution is 0.271. The second-order valence-electron chi connectivity index (χ2n) is 6.65. The van der Waals surface area contributed by atoms with E-state index in [1.165, 1.54) is 14.2 Å². The lowest BCUT2D eigenvalue weighted by Gasteiger charge is -2.19. The second kappa shape index (κ2) is 10.7. The summed E-state index contributed by atoms with van der Waals surface area (Å²) in [6, 6.07) is 20.1. The minimum absolute atomic E-state index is 0.117. The molecule has 3 aromatic carbocycles. The van der Waals surface area contributed by atoms with Crippen molar-refractivity contribution >= 4 is 22.2 Å². The summed E-state index contributed by atoms with van der Waals surface area (Å²) >= 11 is 0. The van der Waals surface area contributed by atoms with Crippen LogP contribution in [0.3, 0.4) is 0 Å². The fourth-order valence-electron chi connectivity index (χ4n) is 2.99. The van der Waals surface area contributed by atoms with Gasteiger partial charge < -0.3 is 19.5 Å². The first-order chi connectivity index (χ1) is 15.0. The van der Waals surface area contributed by atoms with Crippen molar-refractivity contribution in [3.8, 4) is 17.2 Å². The monoisotopic (exact) mass is 442 g/mol. The molecule has 3 rings (SSSR count). The number of hydroxylamine groups is 1. The van der Waals surface area contributed by atoms with E-state index in [-0.39, 0.29) is 5.88 Å². The van der Waals surface area contributed by atoms with Crippen LogP contribution in [0.25, 0.3) is 0 Å². The predicted molar refractivity (Wildman–Crippen MR) is 122 cm³/mol. The van der Waals surface area contributed by atoms with Crippen LogP contribution in [-0.4, -0.2) is 36.6 Å². The van der Waals surface area contributed by atoms with Crippen LogP contribution in [0.5, 0.6) is 17.2 Å². The Kier molecular flexibility index (Phi) is 7.75. The maximum Gasteiger partial charge on any atom is 0.125 e. The molecular formula is C23H26N2O5S. The number of hydrogen-bond donors (Lipinski definition) is 2. The Morgan fingerprint density at radius 1 is 0.871 bits per heavy atom. The van der Waals surface area contributed by atoms with Gasteiger partial charge in [-0.2, -0.15) is 0 Å². The number of nitrogens with zero attached hydrogens (tertiary/aromatic N) is 1. The smallest absolute Gasteiger partial charge is 0.125 e. The molecule has 0 amide bonds. The molecule has 0 saturated heterocycles. The lowest BCUT2D eigenvalue weighted by atomic mass is 10.2. The number of methoxy groups -OCH3 is 3. The number of rotatable bonds is 10. The van der Waals surface area contributed by atoms with Crippen LogP contribution < -0.4 is 24.6 Å². The summed E-state index contributed by atoms with van der Waals surface area (Å²) in [7, 11) is 3.19. The number of benzene rings is 3. The van der Waals surface area contributed by atoms with Crippen molar-refractivity contribution in [3.63, 3.8) is 0 Å². The SMILES string of the molecule is COc1cccc(CNc2ccccc2S(=O)CN(O)c2cc(OC)cc(OC)c2)c1. The second-order valence-corrected chi connectivity index (χ2v) is 8.04. The molecule has 0 aliphatic heterocycles. The first kappa shape index (κ1) is 22.5. The fraction of sp³-hybridized carbons (Fsp3) is 0.217. The van der Waals surface area contributed by atoms with Gasteiger partial charge in [-0.05, 0) is 29.8 Å². The Balaban J connectivity index is 1.73. The summed E-state index contributed by atoms with van der Waals surface area (Å²) < 4.78 is 28.8. The molecule has 0 spiro atoms. The van der Waals surface area contributed by atoms with E-state index < -0.39 is 10.8 Å². The van der Waals surface area contributed by atoms with E-state index in [4.69, 9.17) is 14.2 Å². The first-order valence-electron chi connectivity index (χ1n) is 9.57. The molecule has 0 aliphatic carbocycles. The average Bonchev–Trinajstić information content (AvgIpc) is 2.82. The van der Waals surface area contributed by atoms with Crippen molar-refractivity contribution in [1.29, 1.82) is 0 Å². The van der Waals surface area contributed by atoms with Gasteiger partial charge in [-0.25, -0.2) is 5.06 Å². The van der Waals surface area contributed by atoms with E-state index in [1.807, 2.05) is 42.5 Å². The Hall–Kier alpha value is -3.23. The van der Waals surface area contributed by atoms with Crippen LogP contribution in [-0.2, 0) is 17.3 Å². The van der Waals surface area contributed by atoms with Gasteiger partial charge in [0.15, 0.2) is 0 Å². The first-order valence-corrected chi connectivity index (χ1v) is 10.9. The zero-order valence-electron chi connectivity index (χ0n) is 17.7. The summed E-state index contributed by atoms with van der Waals surface area (Å²) in [5.74, 6) is 1.72. The number of anilines is 2. The van der Waals surface area contributed by atoms with E-state index in [2.05, 4.69) is 5.32 Å². The van der Waals surface area contributed by atoms with Crippen molar-refractivity contribution < 1.29 is 23.6 Å². The molecule has 8 heteroatoms. The standard InChI is InChI=1S/C23H26N2O5S/c1-28-19-8-6-7-17(11-19)15-24-22-9-4-5-10-23(22)31(27)16-25(26)18-12-20(29-2)14-21(13-18)30-3/h4-14,24,26H,15-16H2,1-3H3. The van der Waals surface area contributed by atoms with Gasteiger partial charge in [0.25, 0.3) is 0 Å². The highest BCUT2D eigenvalue weighted by Gasteiger charge is 2.15. The van der Waals surface area contributed by atoms with Crippen LogP contribution in [0.1, 0.15) is 5.56 Å². The molecule has 7 nitrogen and oxygen atoms in total. The van der Waals surface area contributed by atoms with Crippen molar-refractivity contribution in [3.05, 3.63) is 72.3 Å². The third kappa shape index (κ3) is 5.90. The fourth-order valence-corrected chi connectivity index (χ4v) is 4.11. The van der Waals surface area contributed by atoms with Crippen LogP contribution in [0.4, 0.5) is 11.4 Å². The van der Waals surface area contributed by atoms with Crippen molar-refractivity contribution in [1.82, 2.24) is 0 Å². The Bertz CT molecular complexity index is 1020. The van der Waals surface area contributed by atoms with Gasteiger partial charge in [0.05, 0.1) is 48.4 Å². The molecule has 0 heterocycles. The molecule has 3 aromatic rings. The normalized spacial score (nSPS) is 11.5. The molecular weight excluding hydrogens is 416 g/mol. The molecule has 1 unspecified atom stereocenters. The van der Waals surface area contributed by atoms with Gasteiger partial charge in [-0.15, -0.1) is 0 Å². The molecule has 164 valence electrons. The third-order valence-corrected chi connectivity index (χ3v) is 5.95. The van der Waals surface area contributed by atoms with Crippen molar-refractivity contribution in [2.24, 2.45) is 0 Å². The number of nitrogens with one attached hydrogen (secondary N) is 1. The summed E-state index contributed by atoms with van der Waals surface area (Å²) in [6.45, 7) is 0.543. The maximum atomic E-state index is 13.1. The van der Waals surface area contributed by atoms with Crippen molar-refractivity contribution in [2.45, 2.75) is 11.4 Å². The molecule has 31 heavy (non-hydrogen) atoms. The number of hydrogen-bond acceptors (Lipinski definition) is 7. The van der Waals surface area contributed by atoms with Gasteiger partial charge in [0, 0.05) is 24.7 Å². The topological polar surface area (TPSA) is 80.3 Å². The summed E-state index contributed by atoms with van der Waals surface area (Å²) in [4.78, 5) is 0.597. The zero-order chi connectivity index (χ0) is 22.2. The van der Waals surface area contributed by atoms with Crippen LogP contribution in [0, 0.1) is 0 Å². The highest BCUT2D eigenvalue weighted by atomic mass is 32.2. The van der Waals surface area contributed by atoms with Gasteiger partial charge in [0.1, 0.15) is 23.1 Å². The molecule has 0 aromatic heterocycles. The average molecular weight is 443 g/mol. The molecule has 0 bridgehead atoms. The van der Waals surface area contributed by atoms with E-state index >= 15 is 0 Å². The quantitative estimate of drug-likeness (QED) is 0.454. The summed E-state index contributed by atoms with van der Waals surface area (Å²) in [6.07, 6.45) is 0. The van der Waals surface area contributed by atoms with E-state index in [0.29, 0.717) is 28.6 Å². The minimum atomic E-state index is -1.50. The van der Waals surface area contributed by atoms with Gasteiger partial charge in [-0.1, -0.05) is 24.3 Å². The predicted octanol–water partition coefficient (Wildman–Crippen LogP) is 4.29. The van der Waals surface area contributed by atoms with Gasteiger partial charge in [-0.3, -0.25) is 9.42 Å². The Labute approximate surface area is 184 Å². The van der Waals surface area contributed by atoms with E-state index in [1.54, 1.807) is 31.4 Å². The summed E-state index contributed by atoms with van der Waals surface area (Å²) in [5, 5.41) is 14.8. The van der Waals surface area contributed by atoms with Crippen molar-refractivity contribution in [2.75, 3.05) is 37.6 Å². The van der Waals surface area contributed by atoms with Crippen LogP contribution in [0.2, 0.25) is 0 Å². The van der Waals surface area contributed by atoms with Gasteiger partial charge >= 0.3 is 0 Å². The Morgan fingerprint density at radius 3 is 2.23 bits per heavy atom. The molecule has 0 radical (unpaired) electrons. The van der Waals surface area contributed by atoms with Gasteiger partial charge in [0.2, 0.25) is 0 Å². The molecule has 2 N–H and O–H groups in total. The molecule has 0 fully saturated rings. The third-order valence-electron chi connectivity index (χ3n) is 4.62. The molecule has 0 saturated carbocycles. The number of para-hydroxylation sites is 1. The highest BCUT2D eigenvalue weighted by molar-refractivity contribution is 7.85. The largest absolute Gasteiger partial charge is 0.497 e. The van der Waals surface area contributed by atoms with Crippen LogP contribution in [0.15, 0.2) is 71.6 Å². The van der Waals surface area contributed by atoms with Crippen LogP contribution >= 0.6 is 0 Å². The molecule has 1 atom stereocenters. The Morgan fingerprint density at radius 2 is 1.55 bits per heavy atom. The maximum absolute atomic E-state index is 13.1. The molecule has 0 aliphatic rings. The number of ether oxygens (including phenoxy) is 3.